The summed E-state index contributed by atoms with van der Waals surface area (Å²) in [5.74, 6) is 1.13. The van der Waals surface area contributed by atoms with Crippen LogP contribution in [0.5, 0.6) is 0 Å². The molecule has 0 heterocycles. The number of nitriles is 1. The van der Waals surface area contributed by atoms with E-state index in [1.54, 1.807) is 6.07 Å². The molecule has 18 heavy (non-hydrogen) atoms. The van der Waals surface area contributed by atoms with Crippen LogP contribution in [0.1, 0.15) is 24.5 Å². The predicted molar refractivity (Wildman–Crippen MR) is 80.1 cm³/mol. The van der Waals surface area contributed by atoms with Gasteiger partial charge in [-0.2, -0.15) is 17.0 Å². The molecule has 0 bridgehead atoms. The lowest BCUT2D eigenvalue weighted by Gasteiger charge is -2.27. The molecule has 1 aromatic carbocycles. The summed E-state index contributed by atoms with van der Waals surface area (Å²) in [5, 5.41) is 9.49. The van der Waals surface area contributed by atoms with E-state index in [2.05, 4.69) is 31.2 Å². The Balaban J connectivity index is 2.75. The average molecular weight is 283 g/mol. The molecule has 0 spiro atoms. The zero-order valence-electron chi connectivity index (χ0n) is 11.1. The fraction of sp³-hybridized carbons (Fsp3) is 0.500. The molecular formula is C14H19ClN2S. The maximum absolute atomic E-state index is 8.81. The van der Waals surface area contributed by atoms with Gasteiger partial charge in [0, 0.05) is 23.4 Å². The molecular weight excluding hydrogens is 264 g/mol. The van der Waals surface area contributed by atoms with E-state index >= 15 is 0 Å². The highest BCUT2D eigenvalue weighted by Gasteiger charge is 2.13. The summed E-state index contributed by atoms with van der Waals surface area (Å²) in [6.45, 7) is 3.03. The summed E-state index contributed by atoms with van der Waals surface area (Å²) < 4.78 is 0. The normalized spacial score (nSPS) is 12.4. The minimum Gasteiger partial charge on any atom is -0.298 e. The van der Waals surface area contributed by atoms with Crippen molar-refractivity contribution in [2.24, 2.45) is 0 Å². The fourth-order valence-electron chi connectivity index (χ4n) is 1.89. The second kappa shape index (κ2) is 7.68. The molecule has 0 aliphatic heterocycles. The van der Waals surface area contributed by atoms with Gasteiger partial charge in [0.2, 0.25) is 0 Å². The van der Waals surface area contributed by atoms with Crippen molar-refractivity contribution >= 4 is 23.4 Å². The Morgan fingerprint density at radius 3 is 2.72 bits per heavy atom. The lowest BCUT2D eigenvalue weighted by molar-refractivity contribution is 0.248. The van der Waals surface area contributed by atoms with Gasteiger partial charge < -0.3 is 0 Å². The number of hydrogen-bond donors (Lipinski definition) is 0. The minimum atomic E-state index is 0.562. The Labute approximate surface area is 119 Å². The third-order valence-corrected chi connectivity index (χ3v) is 4.13. The van der Waals surface area contributed by atoms with Crippen molar-refractivity contribution in [3.05, 3.63) is 34.3 Å². The van der Waals surface area contributed by atoms with Crippen LogP contribution in [0.2, 0.25) is 5.02 Å². The van der Waals surface area contributed by atoms with Crippen LogP contribution >= 0.6 is 23.4 Å². The van der Waals surface area contributed by atoms with Crippen LogP contribution in [0, 0.1) is 11.3 Å². The molecule has 2 nitrogen and oxygen atoms in total. The summed E-state index contributed by atoms with van der Waals surface area (Å²) in [6.07, 6.45) is 3.26. The smallest absolute Gasteiger partial charge is 0.0992 e. The van der Waals surface area contributed by atoms with E-state index in [-0.39, 0.29) is 0 Å². The van der Waals surface area contributed by atoms with E-state index in [1.807, 2.05) is 23.9 Å². The maximum Gasteiger partial charge on any atom is 0.0992 e. The van der Waals surface area contributed by atoms with E-state index < -0.39 is 0 Å². The number of nitrogens with zero attached hydrogens (tertiary/aromatic N) is 2. The second-order valence-corrected chi connectivity index (χ2v) is 5.67. The quantitative estimate of drug-likeness (QED) is 0.794. The van der Waals surface area contributed by atoms with Crippen LogP contribution in [-0.4, -0.2) is 30.0 Å². The van der Waals surface area contributed by atoms with Crippen LogP contribution in [-0.2, 0) is 6.54 Å². The van der Waals surface area contributed by atoms with Gasteiger partial charge in [-0.15, -0.1) is 0 Å². The van der Waals surface area contributed by atoms with Crippen molar-refractivity contribution in [3.63, 3.8) is 0 Å². The van der Waals surface area contributed by atoms with Crippen molar-refractivity contribution < 1.29 is 0 Å². The van der Waals surface area contributed by atoms with Crippen molar-refractivity contribution in [2.45, 2.75) is 25.9 Å². The minimum absolute atomic E-state index is 0.562. The molecule has 0 amide bonds. The molecule has 1 unspecified atom stereocenters. The molecule has 4 heteroatoms. The molecule has 98 valence electrons. The number of thioether (sulfide) groups is 1. The molecule has 0 aliphatic carbocycles. The highest BCUT2D eigenvalue weighted by Crippen LogP contribution is 2.20. The Hall–Kier alpha value is -0.690. The third kappa shape index (κ3) is 4.20. The maximum atomic E-state index is 8.81. The summed E-state index contributed by atoms with van der Waals surface area (Å²) in [5.41, 5.74) is 1.69. The Morgan fingerprint density at radius 2 is 2.22 bits per heavy atom. The van der Waals surface area contributed by atoms with Gasteiger partial charge in [0.25, 0.3) is 0 Å². The molecule has 0 aromatic heterocycles. The molecule has 1 aromatic rings. The topological polar surface area (TPSA) is 27.0 Å². The van der Waals surface area contributed by atoms with Crippen LogP contribution in [0.4, 0.5) is 0 Å². The molecule has 1 atom stereocenters. The second-order valence-electron chi connectivity index (χ2n) is 4.35. The number of benzene rings is 1. The molecule has 0 saturated carbocycles. The third-order valence-electron chi connectivity index (χ3n) is 3.06. The molecule has 0 radical (unpaired) electrons. The molecule has 1 rings (SSSR count). The van der Waals surface area contributed by atoms with Crippen LogP contribution in [0.25, 0.3) is 0 Å². The Bertz CT molecular complexity index is 428. The molecule has 0 aliphatic rings. The lowest BCUT2D eigenvalue weighted by atomic mass is 10.1. The van der Waals surface area contributed by atoms with Crippen molar-refractivity contribution in [1.29, 1.82) is 5.26 Å². The number of halogens is 1. The first-order valence-corrected chi connectivity index (χ1v) is 7.77. The van der Waals surface area contributed by atoms with E-state index in [0.717, 1.165) is 24.3 Å². The first-order chi connectivity index (χ1) is 8.62. The van der Waals surface area contributed by atoms with E-state index in [4.69, 9.17) is 16.9 Å². The largest absolute Gasteiger partial charge is 0.298 e. The lowest BCUT2D eigenvalue weighted by Crippen LogP contribution is -2.32. The monoisotopic (exact) mass is 282 g/mol. The van der Waals surface area contributed by atoms with Crippen molar-refractivity contribution in [2.75, 3.05) is 19.1 Å². The van der Waals surface area contributed by atoms with Gasteiger partial charge >= 0.3 is 0 Å². The van der Waals surface area contributed by atoms with Gasteiger partial charge in [-0.05, 0) is 37.4 Å². The van der Waals surface area contributed by atoms with Gasteiger partial charge in [-0.3, -0.25) is 4.90 Å². The average Bonchev–Trinajstić information content (AvgIpc) is 2.38. The predicted octanol–water partition coefficient (Wildman–Crippen LogP) is 3.79. The highest BCUT2D eigenvalue weighted by molar-refractivity contribution is 7.98. The van der Waals surface area contributed by atoms with E-state index in [1.165, 1.54) is 0 Å². The van der Waals surface area contributed by atoms with Crippen molar-refractivity contribution in [3.8, 4) is 6.07 Å². The molecule has 0 saturated heterocycles. The first-order valence-electron chi connectivity index (χ1n) is 6.00. The molecule has 0 N–H and O–H groups in total. The number of rotatable bonds is 6. The summed E-state index contributed by atoms with van der Waals surface area (Å²) in [4.78, 5) is 2.32. The highest BCUT2D eigenvalue weighted by atomic mass is 35.5. The molecule has 0 fully saturated rings. The zero-order chi connectivity index (χ0) is 13.5. The first kappa shape index (κ1) is 15.4. The van der Waals surface area contributed by atoms with Crippen LogP contribution in [0.15, 0.2) is 18.2 Å². The Kier molecular flexibility index (Phi) is 6.56. The van der Waals surface area contributed by atoms with Gasteiger partial charge in [0.05, 0.1) is 11.6 Å². The van der Waals surface area contributed by atoms with Crippen LogP contribution < -0.4 is 0 Å². The number of hydrogen-bond acceptors (Lipinski definition) is 3. The van der Waals surface area contributed by atoms with Gasteiger partial charge in [-0.1, -0.05) is 24.6 Å². The summed E-state index contributed by atoms with van der Waals surface area (Å²) in [7, 11) is 2.12. The summed E-state index contributed by atoms with van der Waals surface area (Å²) in [6, 6.07) is 8.17. The van der Waals surface area contributed by atoms with E-state index in [9.17, 15) is 0 Å². The van der Waals surface area contributed by atoms with Gasteiger partial charge in [0.15, 0.2) is 0 Å². The SMILES string of the molecule is CCC(CSC)N(C)Cc1ccc(C#N)cc1Cl. The summed E-state index contributed by atoms with van der Waals surface area (Å²) >= 11 is 8.06. The van der Waals surface area contributed by atoms with Gasteiger partial charge in [-0.25, -0.2) is 0 Å². The standard InChI is InChI=1S/C14H19ClN2S/c1-4-13(10-18-3)17(2)9-12-6-5-11(8-16)7-14(12)15/h5-7,13H,4,9-10H2,1-3H3. The zero-order valence-corrected chi connectivity index (χ0v) is 12.7. The fourth-order valence-corrected chi connectivity index (χ4v) is 3.01. The van der Waals surface area contributed by atoms with Crippen molar-refractivity contribution in [1.82, 2.24) is 4.90 Å². The van der Waals surface area contributed by atoms with E-state index in [0.29, 0.717) is 16.6 Å². The van der Waals surface area contributed by atoms with Gasteiger partial charge in [0.1, 0.15) is 0 Å². The van der Waals surface area contributed by atoms with Crippen LogP contribution in [0.3, 0.4) is 0 Å². The Morgan fingerprint density at radius 1 is 1.50 bits per heavy atom.